The highest BCUT2D eigenvalue weighted by Crippen LogP contribution is 2.26. The second-order valence-corrected chi connectivity index (χ2v) is 5.83. The van der Waals surface area contributed by atoms with E-state index in [2.05, 4.69) is 4.98 Å². The van der Waals surface area contributed by atoms with Gasteiger partial charge >= 0.3 is 5.95 Å². The van der Waals surface area contributed by atoms with Crippen LogP contribution >= 0.6 is 0 Å². The molecule has 1 fully saturated rings. The molecule has 21 heavy (non-hydrogen) atoms. The number of hydrogen-bond donors (Lipinski definition) is 0. The van der Waals surface area contributed by atoms with Crippen molar-refractivity contribution in [2.45, 2.75) is 20.3 Å². The van der Waals surface area contributed by atoms with Crippen molar-refractivity contribution in [1.29, 1.82) is 0 Å². The molecule has 1 aliphatic heterocycles. The molecular weight excluding hydrogens is 276 g/mol. The van der Waals surface area contributed by atoms with Gasteiger partial charge in [-0.05, 0) is 4.92 Å². The summed E-state index contributed by atoms with van der Waals surface area (Å²) in [6, 6.07) is 0. The number of carbonyl (C=O) groups is 1. The van der Waals surface area contributed by atoms with Crippen LogP contribution in [0.2, 0.25) is 0 Å². The molecule has 0 bridgehead atoms. The van der Waals surface area contributed by atoms with E-state index in [1.807, 2.05) is 13.8 Å². The standard InChI is InChI=1S/C13H20N4O4/c1-13(2,11(18)16-4-6-21-7-5-16)8-10-9-14-12(15(10)3)17(19)20/h9H,4-8H2,1-3H3. The summed E-state index contributed by atoms with van der Waals surface area (Å²) in [4.78, 5) is 28.4. The van der Waals surface area contributed by atoms with Gasteiger partial charge in [0.2, 0.25) is 5.91 Å². The molecule has 0 aromatic carbocycles. The van der Waals surface area contributed by atoms with Gasteiger partial charge in [-0.2, -0.15) is 0 Å². The molecule has 0 radical (unpaired) electrons. The van der Waals surface area contributed by atoms with E-state index in [0.29, 0.717) is 38.4 Å². The van der Waals surface area contributed by atoms with E-state index in [1.165, 1.54) is 10.8 Å². The van der Waals surface area contributed by atoms with Gasteiger partial charge in [0.25, 0.3) is 0 Å². The normalized spacial score (nSPS) is 16.0. The molecule has 0 saturated carbocycles. The van der Waals surface area contributed by atoms with Crippen LogP contribution in [0.5, 0.6) is 0 Å². The number of rotatable bonds is 4. The van der Waals surface area contributed by atoms with Gasteiger partial charge < -0.3 is 19.8 Å². The fraction of sp³-hybridized carbons (Fsp3) is 0.692. The highest BCUT2D eigenvalue weighted by atomic mass is 16.6. The van der Waals surface area contributed by atoms with Crippen molar-refractivity contribution < 1.29 is 14.5 Å². The van der Waals surface area contributed by atoms with Crippen LogP contribution in [-0.2, 0) is 23.0 Å². The van der Waals surface area contributed by atoms with Gasteiger partial charge in [-0.3, -0.25) is 4.79 Å². The molecule has 116 valence electrons. The molecule has 8 heteroatoms. The van der Waals surface area contributed by atoms with Crippen LogP contribution in [-0.4, -0.2) is 51.6 Å². The zero-order chi connectivity index (χ0) is 15.6. The topological polar surface area (TPSA) is 90.5 Å². The predicted molar refractivity (Wildman–Crippen MR) is 74.7 cm³/mol. The fourth-order valence-corrected chi connectivity index (χ4v) is 2.49. The summed E-state index contributed by atoms with van der Waals surface area (Å²) in [6.07, 6.45) is 1.87. The number of nitrogens with zero attached hydrogens (tertiary/aromatic N) is 4. The van der Waals surface area contributed by atoms with Crippen LogP contribution in [0.25, 0.3) is 0 Å². The van der Waals surface area contributed by atoms with Gasteiger partial charge in [-0.1, -0.05) is 18.8 Å². The second-order valence-electron chi connectivity index (χ2n) is 5.83. The Labute approximate surface area is 122 Å². The van der Waals surface area contributed by atoms with Crippen molar-refractivity contribution in [3.8, 4) is 0 Å². The zero-order valence-electron chi connectivity index (χ0n) is 12.5. The molecule has 1 amide bonds. The van der Waals surface area contributed by atoms with E-state index < -0.39 is 10.3 Å². The molecule has 0 spiro atoms. The molecule has 1 aromatic rings. The third-order valence-electron chi connectivity index (χ3n) is 3.72. The Morgan fingerprint density at radius 2 is 2.10 bits per heavy atom. The van der Waals surface area contributed by atoms with Crippen molar-refractivity contribution in [1.82, 2.24) is 14.5 Å². The Kier molecular flexibility index (Phi) is 4.26. The molecular formula is C13H20N4O4. The minimum absolute atomic E-state index is 0.0367. The summed E-state index contributed by atoms with van der Waals surface area (Å²) in [5, 5.41) is 10.8. The highest BCUT2D eigenvalue weighted by molar-refractivity contribution is 5.82. The fourth-order valence-electron chi connectivity index (χ4n) is 2.49. The first kappa shape index (κ1) is 15.4. The summed E-state index contributed by atoms with van der Waals surface area (Å²) >= 11 is 0. The summed E-state index contributed by atoms with van der Waals surface area (Å²) in [7, 11) is 1.59. The van der Waals surface area contributed by atoms with E-state index >= 15 is 0 Å². The lowest BCUT2D eigenvalue weighted by molar-refractivity contribution is -0.396. The number of ether oxygens (including phenoxy) is 1. The highest BCUT2D eigenvalue weighted by Gasteiger charge is 2.35. The molecule has 2 rings (SSSR count). The number of nitro groups is 1. The third-order valence-corrected chi connectivity index (χ3v) is 3.72. The second kappa shape index (κ2) is 5.80. The first-order valence-electron chi connectivity index (χ1n) is 6.85. The van der Waals surface area contributed by atoms with Gasteiger partial charge in [0, 0.05) is 19.5 Å². The quantitative estimate of drug-likeness (QED) is 0.604. The van der Waals surface area contributed by atoms with E-state index in [4.69, 9.17) is 4.74 Å². The smallest absolute Gasteiger partial charge is 0.390 e. The summed E-state index contributed by atoms with van der Waals surface area (Å²) < 4.78 is 6.67. The van der Waals surface area contributed by atoms with Crippen molar-refractivity contribution in [3.05, 3.63) is 22.0 Å². The number of carbonyl (C=O) groups excluding carboxylic acids is 1. The lowest BCUT2D eigenvalue weighted by Gasteiger charge is -2.34. The van der Waals surface area contributed by atoms with E-state index in [-0.39, 0.29) is 11.9 Å². The Bertz CT molecular complexity index is 546. The molecule has 0 atom stereocenters. The molecule has 1 aliphatic rings. The number of imidazole rings is 1. The van der Waals surface area contributed by atoms with Gasteiger partial charge in [-0.25, -0.2) is 4.57 Å². The maximum absolute atomic E-state index is 12.6. The summed E-state index contributed by atoms with van der Waals surface area (Å²) in [6.45, 7) is 5.99. The maximum Gasteiger partial charge on any atom is 0.434 e. The van der Waals surface area contributed by atoms with Crippen LogP contribution < -0.4 is 0 Å². The van der Waals surface area contributed by atoms with Crippen LogP contribution in [0, 0.1) is 15.5 Å². The molecule has 0 aliphatic carbocycles. The Morgan fingerprint density at radius 1 is 1.48 bits per heavy atom. The molecule has 2 heterocycles. The zero-order valence-corrected chi connectivity index (χ0v) is 12.5. The van der Waals surface area contributed by atoms with Gasteiger partial charge in [-0.15, -0.1) is 0 Å². The molecule has 0 unspecified atom stereocenters. The lowest BCUT2D eigenvalue weighted by Crippen LogP contribution is -2.47. The van der Waals surface area contributed by atoms with Gasteiger partial charge in [0.05, 0.1) is 25.7 Å². The number of morpholine rings is 1. The average molecular weight is 296 g/mol. The van der Waals surface area contributed by atoms with Gasteiger partial charge in [0.1, 0.15) is 11.9 Å². The molecule has 1 saturated heterocycles. The van der Waals surface area contributed by atoms with E-state index in [1.54, 1.807) is 11.9 Å². The van der Waals surface area contributed by atoms with Crippen LogP contribution in [0.1, 0.15) is 19.5 Å². The maximum atomic E-state index is 12.6. The number of amides is 1. The van der Waals surface area contributed by atoms with Crippen LogP contribution in [0.15, 0.2) is 6.20 Å². The lowest BCUT2D eigenvalue weighted by atomic mass is 9.86. The van der Waals surface area contributed by atoms with Crippen molar-refractivity contribution in [2.24, 2.45) is 12.5 Å². The minimum atomic E-state index is -0.640. The first-order chi connectivity index (χ1) is 9.83. The third kappa shape index (κ3) is 3.21. The largest absolute Gasteiger partial charge is 0.434 e. The van der Waals surface area contributed by atoms with Crippen LogP contribution in [0.4, 0.5) is 5.95 Å². The molecule has 0 N–H and O–H groups in total. The molecule has 8 nitrogen and oxygen atoms in total. The predicted octanol–water partition coefficient (Wildman–Crippen LogP) is 0.756. The summed E-state index contributed by atoms with van der Waals surface area (Å²) in [5.74, 6) is -0.172. The van der Waals surface area contributed by atoms with Crippen molar-refractivity contribution in [3.63, 3.8) is 0 Å². The Balaban J connectivity index is 2.13. The van der Waals surface area contributed by atoms with E-state index in [9.17, 15) is 14.9 Å². The summed E-state index contributed by atoms with van der Waals surface area (Å²) in [5.41, 5.74) is 0.0345. The number of aromatic nitrogens is 2. The first-order valence-corrected chi connectivity index (χ1v) is 6.85. The number of hydrogen-bond acceptors (Lipinski definition) is 5. The Hall–Kier alpha value is -1.96. The van der Waals surface area contributed by atoms with E-state index in [0.717, 1.165) is 0 Å². The molecule has 1 aromatic heterocycles. The van der Waals surface area contributed by atoms with Crippen molar-refractivity contribution in [2.75, 3.05) is 26.3 Å². The van der Waals surface area contributed by atoms with Crippen LogP contribution in [0.3, 0.4) is 0 Å². The van der Waals surface area contributed by atoms with Gasteiger partial charge in [0.15, 0.2) is 0 Å². The average Bonchev–Trinajstić information content (AvgIpc) is 2.80. The monoisotopic (exact) mass is 296 g/mol. The van der Waals surface area contributed by atoms with Crippen molar-refractivity contribution >= 4 is 11.9 Å². The Morgan fingerprint density at radius 3 is 2.62 bits per heavy atom. The minimum Gasteiger partial charge on any atom is -0.390 e. The SMILES string of the molecule is Cn1c(CC(C)(C)C(=O)N2CCOCC2)cnc1[N+](=O)[O-].